The van der Waals surface area contributed by atoms with Gasteiger partial charge in [0.15, 0.2) is 8.32 Å². The van der Waals surface area contributed by atoms with Gasteiger partial charge in [0.2, 0.25) is 5.84 Å². The monoisotopic (exact) mass is 405 g/mol. The highest BCUT2D eigenvalue weighted by Crippen LogP contribution is 2.41. The number of benzene rings is 1. The zero-order chi connectivity index (χ0) is 21.1. The Labute approximate surface area is 168 Å². The van der Waals surface area contributed by atoms with Gasteiger partial charge in [-0.25, -0.2) is 9.80 Å². The molecule has 2 N–H and O–H groups in total. The molecule has 7 nitrogen and oxygen atoms in total. The van der Waals surface area contributed by atoms with E-state index in [2.05, 4.69) is 39.0 Å². The molecule has 0 aromatic heterocycles. The van der Waals surface area contributed by atoms with Crippen LogP contribution in [-0.4, -0.2) is 43.7 Å². The summed E-state index contributed by atoms with van der Waals surface area (Å²) in [6.45, 7) is 12.5. The average molecular weight is 406 g/mol. The molecule has 2 rings (SSSR count). The molecule has 1 aromatic rings. The fourth-order valence-electron chi connectivity index (χ4n) is 2.77. The van der Waals surface area contributed by atoms with Crippen molar-refractivity contribution in [1.29, 1.82) is 0 Å². The van der Waals surface area contributed by atoms with E-state index in [1.54, 1.807) is 6.92 Å². The van der Waals surface area contributed by atoms with Gasteiger partial charge in [-0.1, -0.05) is 51.1 Å². The Bertz CT molecular complexity index is 744. The number of nitrogens with zero attached hydrogens (tertiary/aromatic N) is 2. The number of carbonyl (C=O) groups is 2. The first-order chi connectivity index (χ1) is 13.0. The van der Waals surface area contributed by atoms with E-state index in [-0.39, 0.29) is 29.4 Å². The van der Waals surface area contributed by atoms with Crippen molar-refractivity contribution in [2.45, 2.75) is 64.4 Å². The van der Waals surface area contributed by atoms with E-state index < -0.39 is 20.4 Å². The van der Waals surface area contributed by atoms with Crippen molar-refractivity contribution in [1.82, 2.24) is 5.01 Å². The summed E-state index contributed by atoms with van der Waals surface area (Å²) in [5.41, 5.74) is 6.69. The van der Waals surface area contributed by atoms with E-state index in [1.807, 2.05) is 30.3 Å². The molecule has 1 saturated heterocycles. The number of hydrogen-bond donors (Lipinski definition) is 1. The van der Waals surface area contributed by atoms with Gasteiger partial charge in [0.05, 0.1) is 12.6 Å². The minimum Gasteiger partial charge on any atom is -0.460 e. The van der Waals surface area contributed by atoms with Gasteiger partial charge in [-0.3, -0.25) is 4.79 Å². The summed E-state index contributed by atoms with van der Waals surface area (Å²) in [5.74, 6) is -1.37. The molecule has 0 bridgehead atoms. The maximum absolute atomic E-state index is 13.1. The number of esters is 1. The molecular formula is C20H31N3O4Si. The van der Waals surface area contributed by atoms with Crippen molar-refractivity contribution in [3.05, 3.63) is 35.9 Å². The Morgan fingerprint density at radius 3 is 2.43 bits per heavy atom. The molecule has 0 radical (unpaired) electrons. The summed E-state index contributed by atoms with van der Waals surface area (Å²) in [4.78, 5) is 25.0. The third-order valence-electron chi connectivity index (χ3n) is 5.36. The fourth-order valence-corrected chi connectivity index (χ4v) is 4.03. The van der Waals surface area contributed by atoms with Gasteiger partial charge in [-0.05, 0) is 30.6 Å². The second-order valence-electron chi connectivity index (χ2n) is 8.42. The molecule has 154 valence electrons. The van der Waals surface area contributed by atoms with Gasteiger partial charge in [-0.15, -0.1) is 5.10 Å². The quantitative estimate of drug-likeness (QED) is 0.351. The summed E-state index contributed by atoms with van der Waals surface area (Å²) in [7, 11) is -2.17. The van der Waals surface area contributed by atoms with Crippen LogP contribution in [0.1, 0.15) is 45.7 Å². The molecule has 0 spiro atoms. The van der Waals surface area contributed by atoms with Crippen LogP contribution in [-0.2, 0) is 18.8 Å². The Kier molecular flexibility index (Phi) is 6.66. The molecule has 1 fully saturated rings. The lowest BCUT2D eigenvalue weighted by Crippen LogP contribution is -2.46. The second kappa shape index (κ2) is 8.44. The third-order valence-corrected chi connectivity index (χ3v) is 9.85. The molecule has 1 heterocycles. The Balaban J connectivity index is 2.35. The maximum Gasteiger partial charge on any atom is 0.375 e. The average Bonchev–Trinajstić information content (AvgIpc) is 2.90. The highest BCUT2D eigenvalue weighted by atomic mass is 28.4. The lowest BCUT2D eigenvalue weighted by Gasteiger charge is -2.37. The molecule has 1 aliphatic heterocycles. The summed E-state index contributed by atoms with van der Waals surface area (Å²) in [6.07, 6.45) is -0.167. The molecule has 28 heavy (non-hydrogen) atoms. The van der Waals surface area contributed by atoms with E-state index in [1.165, 1.54) is 5.01 Å². The summed E-state index contributed by atoms with van der Waals surface area (Å²) < 4.78 is 11.3. The second-order valence-corrected chi connectivity index (χ2v) is 13.2. The van der Waals surface area contributed by atoms with Crippen LogP contribution in [0.5, 0.6) is 0 Å². The molecule has 2 atom stereocenters. The smallest absolute Gasteiger partial charge is 0.375 e. The number of carbonyl (C=O) groups excluding carboxylic acids is 2. The van der Waals surface area contributed by atoms with Crippen LogP contribution in [0.2, 0.25) is 18.1 Å². The van der Waals surface area contributed by atoms with Gasteiger partial charge in [0, 0.05) is 6.42 Å². The predicted octanol–water partition coefficient (Wildman–Crippen LogP) is 3.19. The van der Waals surface area contributed by atoms with Crippen LogP contribution in [0.25, 0.3) is 0 Å². The maximum atomic E-state index is 13.1. The number of amidine groups is 1. The van der Waals surface area contributed by atoms with Crippen molar-refractivity contribution >= 4 is 26.0 Å². The number of hydrogen-bond acceptors (Lipinski definition) is 5. The van der Waals surface area contributed by atoms with E-state index in [0.29, 0.717) is 6.42 Å². The number of rotatable bonds is 5. The van der Waals surface area contributed by atoms with Gasteiger partial charge in [-0.2, -0.15) is 0 Å². The standard InChI is InChI=1S/C20H31N3O4Si/c1-7-26-19(25)17(21)22-23-15(14-11-9-8-10-12-14)13-16(18(23)24)27-28(5,6)20(2,3)4/h8-12,15-16H,7,13H2,1-6H3,(H2,21,22)/t15-,16-/m1/s1. The summed E-state index contributed by atoms with van der Waals surface area (Å²) in [5, 5.41) is 5.36. The van der Waals surface area contributed by atoms with Crippen molar-refractivity contribution in [3.63, 3.8) is 0 Å². The molecule has 0 aliphatic carbocycles. The zero-order valence-electron chi connectivity index (χ0n) is 17.6. The number of ether oxygens (including phenoxy) is 1. The Morgan fingerprint density at radius 2 is 1.89 bits per heavy atom. The summed E-state index contributed by atoms with van der Waals surface area (Å²) in [6, 6.07) is 9.21. The largest absolute Gasteiger partial charge is 0.460 e. The van der Waals surface area contributed by atoms with Crippen LogP contribution in [0, 0.1) is 0 Å². The number of amides is 1. The minimum absolute atomic E-state index is 0.0316. The molecule has 0 saturated carbocycles. The number of nitrogens with two attached hydrogens (primary N) is 1. The van der Waals surface area contributed by atoms with Crippen molar-refractivity contribution in [3.8, 4) is 0 Å². The molecule has 8 heteroatoms. The van der Waals surface area contributed by atoms with Crippen molar-refractivity contribution in [2.75, 3.05) is 6.61 Å². The zero-order valence-corrected chi connectivity index (χ0v) is 18.6. The van der Waals surface area contributed by atoms with Gasteiger partial charge < -0.3 is 14.9 Å². The van der Waals surface area contributed by atoms with E-state index >= 15 is 0 Å². The molecular weight excluding hydrogens is 374 g/mol. The lowest BCUT2D eigenvalue weighted by molar-refractivity contribution is -0.135. The van der Waals surface area contributed by atoms with Crippen molar-refractivity contribution < 1.29 is 18.8 Å². The van der Waals surface area contributed by atoms with Crippen LogP contribution in [0.4, 0.5) is 0 Å². The first-order valence-electron chi connectivity index (χ1n) is 9.55. The summed E-state index contributed by atoms with van der Waals surface area (Å²) >= 11 is 0. The minimum atomic E-state index is -2.17. The van der Waals surface area contributed by atoms with Gasteiger partial charge in [0.1, 0.15) is 6.10 Å². The fraction of sp³-hybridized carbons (Fsp3) is 0.550. The molecule has 1 aliphatic rings. The van der Waals surface area contributed by atoms with Crippen molar-refractivity contribution in [2.24, 2.45) is 10.8 Å². The van der Waals surface area contributed by atoms with E-state index in [9.17, 15) is 9.59 Å². The molecule has 0 unspecified atom stereocenters. The normalized spacial score (nSPS) is 21.1. The van der Waals surface area contributed by atoms with Crippen LogP contribution in [0.15, 0.2) is 35.4 Å². The van der Waals surface area contributed by atoms with Crippen LogP contribution < -0.4 is 5.73 Å². The van der Waals surface area contributed by atoms with E-state index in [4.69, 9.17) is 14.9 Å². The number of hydrazone groups is 1. The SMILES string of the molecule is CCOC(=O)C(N)=NN1C(=O)[C@H](O[Si](C)(C)C(C)(C)C)C[C@@H]1c1ccccc1. The topological polar surface area (TPSA) is 94.2 Å². The Morgan fingerprint density at radius 1 is 1.29 bits per heavy atom. The highest BCUT2D eigenvalue weighted by Gasteiger charge is 2.47. The van der Waals surface area contributed by atoms with Crippen LogP contribution in [0.3, 0.4) is 0 Å². The molecule has 1 amide bonds. The van der Waals surface area contributed by atoms with Crippen LogP contribution >= 0.6 is 0 Å². The first kappa shape index (κ1) is 22.1. The van der Waals surface area contributed by atoms with Gasteiger partial charge >= 0.3 is 5.97 Å². The van der Waals surface area contributed by atoms with Gasteiger partial charge in [0.25, 0.3) is 5.91 Å². The first-order valence-corrected chi connectivity index (χ1v) is 12.5. The predicted molar refractivity (Wildman–Crippen MR) is 111 cm³/mol. The molecule has 1 aromatic carbocycles. The third kappa shape index (κ3) is 4.80. The Hall–Kier alpha value is -2.19. The van der Waals surface area contributed by atoms with E-state index in [0.717, 1.165) is 5.56 Å². The highest BCUT2D eigenvalue weighted by molar-refractivity contribution is 6.74. The lowest BCUT2D eigenvalue weighted by atomic mass is 10.0.